The highest BCUT2D eigenvalue weighted by molar-refractivity contribution is 6.83. The third kappa shape index (κ3) is 3.07. The molecule has 5 heteroatoms. The molecule has 1 aromatic rings. The molecule has 4 nitrogen and oxygen atoms in total. The second-order valence-electron chi connectivity index (χ2n) is 3.96. The van der Waals surface area contributed by atoms with Crippen molar-refractivity contribution in [3.8, 4) is 11.5 Å². The lowest BCUT2D eigenvalue weighted by atomic mass is 10.4. The highest BCUT2D eigenvalue weighted by Gasteiger charge is 2.08. The van der Waals surface area contributed by atoms with Crippen LogP contribution in [0.3, 0.4) is 0 Å². The lowest BCUT2D eigenvalue weighted by molar-refractivity contribution is 0.192. The minimum absolute atomic E-state index is 0.648. The third-order valence-electron chi connectivity index (χ3n) is 1.36. The van der Waals surface area contributed by atoms with Gasteiger partial charge in [-0.3, -0.25) is 0 Å². The predicted molar refractivity (Wildman–Crippen MR) is 55.9 cm³/mol. The zero-order valence-electron chi connectivity index (χ0n) is 8.40. The topological polar surface area (TPSA) is 55.1 Å². The molecule has 0 spiro atoms. The van der Waals surface area contributed by atoms with Gasteiger partial charge in [-0.15, -0.1) is 5.54 Å². The Morgan fingerprint density at radius 2 is 2.21 bits per heavy atom. The van der Waals surface area contributed by atoms with Crippen molar-refractivity contribution in [2.24, 2.45) is 0 Å². The van der Waals surface area contributed by atoms with Crippen LogP contribution >= 0.6 is 0 Å². The van der Waals surface area contributed by atoms with Gasteiger partial charge in [0.2, 0.25) is 0 Å². The van der Waals surface area contributed by atoms with Gasteiger partial charge in [0, 0.05) is 0 Å². The maximum absolute atomic E-state index is 10.5. The normalized spacial score (nSPS) is 10.5. The molecular formula is C9H12N2O2Si. The van der Waals surface area contributed by atoms with Gasteiger partial charge < -0.3 is 5.11 Å². The summed E-state index contributed by atoms with van der Waals surface area (Å²) in [5, 5.41) is 12.2. The Hall–Kier alpha value is -1.54. The Morgan fingerprint density at radius 1 is 1.57 bits per heavy atom. The molecule has 1 aromatic heterocycles. The van der Waals surface area contributed by atoms with Crippen LogP contribution in [0.25, 0.3) is 0 Å². The summed E-state index contributed by atoms with van der Waals surface area (Å²) >= 11 is 0. The van der Waals surface area contributed by atoms with Gasteiger partial charge in [0.05, 0.1) is 18.0 Å². The minimum Gasteiger partial charge on any atom is -0.463 e. The van der Waals surface area contributed by atoms with E-state index >= 15 is 0 Å². The van der Waals surface area contributed by atoms with Crippen LogP contribution in [-0.2, 0) is 0 Å². The Bertz CT molecular complexity index is 406. The zero-order chi connectivity index (χ0) is 10.8. The van der Waals surface area contributed by atoms with E-state index in [0.717, 1.165) is 4.68 Å². The van der Waals surface area contributed by atoms with Crippen LogP contribution in [0.2, 0.25) is 19.6 Å². The average molecular weight is 208 g/mol. The maximum Gasteiger partial charge on any atom is 0.432 e. The van der Waals surface area contributed by atoms with Gasteiger partial charge in [-0.25, -0.2) is 4.79 Å². The molecule has 0 aliphatic heterocycles. The molecule has 0 fully saturated rings. The van der Waals surface area contributed by atoms with Crippen molar-refractivity contribution >= 4 is 14.2 Å². The van der Waals surface area contributed by atoms with Gasteiger partial charge >= 0.3 is 6.09 Å². The van der Waals surface area contributed by atoms with Crippen molar-refractivity contribution in [2.75, 3.05) is 0 Å². The second-order valence-corrected chi connectivity index (χ2v) is 8.71. The highest BCUT2D eigenvalue weighted by Crippen LogP contribution is 1.99. The summed E-state index contributed by atoms with van der Waals surface area (Å²) in [7, 11) is -1.40. The standard InChI is InChI=1S/C9H12N2O2Si/c1-14(2,3)5-4-8-6-10-11(7-8)9(12)13/h6-7H,1-3H3,(H,12,13). The lowest BCUT2D eigenvalue weighted by Gasteiger charge is -2.02. The largest absolute Gasteiger partial charge is 0.463 e. The highest BCUT2D eigenvalue weighted by atomic mass is 28.3. The van der Waals surface area contributed by atoms with Gasteiger partial charge in [0.25, 0.3) is 0 Å². The van der Waals surface area contributed by atoms with Crippen molar-refractivity contribution < 1.29 is 9.90 Å². The van der Waals surface area contributed by atoms with E-state index in [1.54, 1.807) is 0 Å². The molecule has 1 rings (SSSR count). The van der Waals surface area contributed by atoms with Crippen LogP contribution in [0.4, 0.5) is 4.79 Å². The zero-order valence-corrected chi connectivity index (χ0v) is 9.40. The number of nitrogens with zero attached hydrogens (tertiary/aromatic N) is 2. The van der Waals surface area contributed by atoms with Crippen LogP contribution in [-0.4, -0.2) is 29.1 Å². The Kier molecular flexibility index (Phi) is 2.77. The predicted octanol–water partition coefficient (Wildman–Crippen LogP) is 1.64. The Labute approximate surface area is 83.6 Å². The van der Waals surface area contributed by atoms with E-state index in [0.29, 0.717) is 5.56 Å². The summed E-state index contributed by atoms with van der Waals surface area (Å²) in [6.07, 6.45) is 1.78. The summed E-state index contributed by atoms with van der Waals surface area (Å²) in [6.45, 7) is 6.38. The molecule has 0 atom stereocenters. The molecule has 1 N–H and O–H groups in total. The van der Waals surface area contributed by atoms with Crippen LogP contribution < -0.4 is 0 Å². The molecule has 0 aromatic carbocycles. The summed E-state index contributed by atoms with van der Waals surface area (Å²) in [5.74, 6) is 2.92. The first-order chi connectivity index (χ1) is 6.38. The van der Waals surface area contributed by atoms with E-state index in [9.17, 15) is 4.79 Å². The Morgan fingerprint density at radius 3 is 2.64 bits per heavy atom. The van der Waals surface area contributed by atoms with Gasteiger partial charge in [-0.05, 0) is 0 Å². The van der Waals surface area contributed by atoms with E-state index in [1.807, 2.05) is 0 Å². The monoisotopic (exact) mass is 208 g/mol. The molecule has 0 saturated carbocycles. The molecule has 0 saturated heterocycles. The lowest BCUT2D eigenvalue weighted by Crippen LogP contribution is -2.16. The number of hydrogen-bond acceptors (Lipinski definition) is 2. The molecule has 74 valence electrons. The smallest absolute Gasteiger partial charge is 0.432 e. The van der Waals surface area contributed by atoms with Crippen molar-refractivity contribution in [3.63, 3.8) is 0 Å². The third-order valence-corrected chi connectivity index (χ3v) is 2.24. The molecule has 14 heavy (non-hydrogen) atoms. The van der Waals surface area contributed by atoms with E-state index in [-0.39, 0.29) is 0 Å². The molecule has 0 amide bonds. The van der Waals surface area contributed by atoms with Crippen LogP contribution in [0.15, 0.2) is 12.4 Å². The van der Waals surface area contributed by atoms with Gasteiger partial charge in [-0.1, -0.05) is 25.6 Å². The summed E-state index contributed by atoms with van der Waals surface area (Å²) in [5.41, 5.74) is 3.78. The fourth-order valence-electron chi connectivity index (χ4n) is 0.752. The molecular weight excluding hydrogens is 196 g/mol. The average Bonchev–Trinajstić information content (AvgIpc) is 2.47. The summed E-state index contributed by atoms with van der Waals surface area (Å²) in [6, 6.07) is 0. The van der Waals surface area contributed by atoms with Crippen molar-refractivity contribution in [1.29, 1.82) is 0 Å². The molecule has 0 aliphatic carbocycles. The molecule has 1 heterocycles. The van der Waals surface area contributed by atoms with E-state index in [1.165, 1.54) is 12.4 Å². The van der Waals surface area contributed by atoms with Gasteiger partial charge in [-0.2, -0.15) is 9.78 Å². The van der Waals surface area contributed by atoms with Crippen molar-refractivity contribution in [3.05, 3.63) is 18.0 Å². The van der Waals surface area contributed by atoms with E-state index < -0.39 is 14.2 Å². The molecule has 0 unspecified atom stereocenters. The van der Waals surface area contributed by atoms with Gasteiger partial charge in [0.1, 0.15) is 8.07 Å². The Balaban J connectivity index is 2.87. The van der Waals surface area contributed by atoms with Crippen LogP contribution in [0.5, 0.6) is 0 Å². The number of rotatable bonds is 0. The number of carboxylic acid groups (broad SMARTS) is 1. The molecule has 0 aliphatic rings. The van der Waals surface area contributed by atoms with E-state index in [2.05, 4.69) is 36.2 Å². The number of hydrogen-bond donors (Lipinski definition) is 1. The molecule has 0 radical (unpaired) electrons. The van der Waals surface area contributed by atoms with Crippen molar-refractivity contribution in [2.45, 2.75) is 19.6 Å². The minimum atomic E-state index is -1.40. The van der Waals surface area contributed by atoms with Crippen molar-refractivity contribution in [1.82, 2.24) is 9.78 Å². The summed E-state index contributed by atoms with van der Waals surface area (Å²) < 4.78 is 0.855. The summed E-state index contributed by atoms with van der Waals surface area (Å²) in [4.78, 5) is 10.5. The SMILES string of the molecule is C[Si](C)(C)C#Cc1cnn(C(=O)O)c1. The first-order valence-corrected chi connectivity index (χ1v) is 7.70. The second kappa shape index (κ2) is 3.68. The maximum atomic E-state index is 10.5. The van der Waals surface area contributed by atoms with Gasteiger partial charge in [0.15, 0.2) is 0 Å². The number of aromatic nitrogens is 2. The first kappa shape index (κ1) is 10.5. The fourth-order valence-corrected chi connectivity index (χ4v) is 1.27. The first-order valence-electron chi connectivity index (χ1n) is 4.20. The van der Waals surface area contributed by atoms with E-state index in [4.69, 9.17) is 5.11 Å². The molecule has 0 bridgehead atoms. The van der Waals surface area contributed by atoms with Crippen LogP contribution in [0, 0.1) is 11.5 Å². The van der Waals surface area contributed by atoms with Crippen LogP contribution in [0.1, 0.15) is 5.56 Å². The number of carbonyl (C=O) groups is 1. The fraction of sp³-hybridized carbons (Fsp3) is 0.333. The quantitative estimate of drug-likeness (QED) is 0.521.